The number of nitrogens with one attached hydrogen (secondary N) is 1. The van der Waals surface area contributed by atoms with Gasteiger partial charge in [0.2, 0.25) is 12.2 Å². The van der Waals surface area contributed by atoms with Gasteiger partial charge in [-0.15, -0.1) is 0 Å². The number of hydrogen-bond donors (Lipinski definition) is 3. The van der Waals surface area contributed by atoms with Crippen LogP contribution in [0.1, 0.15) is 33.3 Å². The Bertz CT molecular complexity index is 1000. The highest BCUT2D eigenvalue weighted by atomic mass is 127. The lowest BCUT2D eigenvalue weighted by Gasteiger charge is -2.47. The lowest BCUT2D eigenvalue weighted by Crippen LogP contribution is -2.64. The predicted molar refractivity (Wildman–Crippen MR) is 134 cm³/mol. The first-order valence-electron chi connectivity index (χ1n) is 11.1. The second-order valence-corrected chi connectivity index (χ2v) is 10.6. The molecule has 1 unspecified atom stereocenters. The number of aliphatic hydroxyl groups is 2. The first-order valence-corrected chi connectivity index (χ1v) is 12.4. The molecule has 1 heterocycles. The summed E-state index contributed by atoms with van der Waals surface area (Å²) in [5.41, 5.74) is 1.35. The number of halogens is 2. The fourth-order valence-corrected chi connectivity index (χ4v) is 4.32. The Morgan fingerprint density at radius 1 is 1.24 bits per heavy atom. The van der Waals surface area contributed by atoms with Crippen LogP contribution in [-0.2, 0) is 20.7 Å². The van der Waals surface area contributed by atoms with E-state index in [1.165, 1.54) is 19.1 Å². The topological polar surface area (TPSA) is 97.3 Å². The number of carbonyl (C=O) groups is 1. The maximum absolute atomic E-state index is 13.9. The van der Waals surface area contributed by atoms with Crippen molar-refractivity contribution in [1.82, 2.24) is 5.32 Å². The molecule has 0 radical (unpaired) electrons. The van der Waals surface area contributed by atoms with Crippen molar-refractivity contribution in [3.8, 4) is 16.9 Å². The summed E-state index contributed by atoms with van der Waals surface area (Å²) in [5, 5.41) is 24.2. The van der Waals surface area contributed by atoms with Gasteiger partial charge in [0, 0.05) is 13.5 Å². The molecule has 34 heavy (non-hydrogen) atoms. The average molecular weight is 587 g/mol. The maximum Gasteiger partial charge on any atom is 0.229 e. The van der Waals surface area contributed by atoms with Crippen LogP contribution in [0.2, 0.25) is 0 Å². The SMILES string of the molecule is CC(=O)NCCc1ccc(O[C@@H]2OC(C)(C)[C@H](OC(C)I)[C@@H](O)[C@H]2O)cc1-c1cccc(F)c1. The molecule has 1 fully saturated rings. The Morgan fingerprint density at radius 2 is 1.97 bits per heavy atom. The summed E-state index contributed by atoms with van der Waals surface area (Å²) < 4.78 is 31.5. The van der Waals surface area contributed by atoms with Crippen LogP contribution in [0.4, 0.5) is 4.39 Å². The molecule has 1 saturated heterocycles. The van der Waals surface area contributed by atoms with Gasteiger partial charge < -0.3 is 29.7 Å². The van der Waals surface area contributed by atoms with Crippen molar-refractivity contribution in [3.63, 3.8) is 0 Å². The minimum absolute atomic E-state index is 0.129. The Morgan fingerprint density at radius 3 is 2.62 bits per heavy atom. The molecule has 0 saturated carbocycles. The van der Waals surface area contributed by atoms with Gasteiger partial charge in [-0.05, 0) is 68.1 Å². The van der Waals surface area contributed by atoms with Crippen LogP contribution in [-0.4, -0.2) is 57.0 Å². The van der Waals surface area contributed by atoms with Crippen LogP contribution in [0.5, 0.6) is 5.75 Å². The molecule has 1 aliphatic heterocycles. The van der Waals surface area contributed by atoms with E-state index in [1.54, 1.807) is 38.1 Å². The van der Waals surface area contributed by atoms with Gasteiger partial charge in [0.15, 0.2) is 0 Å². The van der Waals surface area contributed by atoms with Gasteiger partial charge >= 0.3 is 0 Å². The van der Waals surface area contributed by atoms with Gasteiger partial charge in [0.25, 0.3) is 0 Å². The van der Waals surface area contributed by atoms with E-state index in [4.69, 9.17) is 14.2 Å². The third-order valence-electron chi connectivity index (χ3n) is 5.62. The highest BCUT2D eigenvalue weighted by molar-refractivity contribution is 14.1. The molecule has 1 amide bonds. The Kier molecular flexibility index (Phi) is 8.91. The quantitative estimate of drug-likeness (QED) is 0.323. The summed E-state index contributed by atoms with van der Waals surface area (Å²) in [7, 11) is 0. The molecular weight excluding hydrogens is 556 g/mol. The summed E-state index contributed by atoms with van der Waals surface area (Å²) in [6, 6.07) is 11.5. The number of aliphatic hydroxyl groups excluding tert-OH is 2. The molecule has 186 valence electrons. The van der Waals surface area contributed by atoms with E-state index in [1.807, 2.05) is 13.0 Å². The molecule has 7 nitrogen and oxygen atoms in total. The minimum Gasteiger partial charge on any atom is -0.462 e. The molecule has 0 aromatic heterocycles. The van der Waals surface area contributed by atoms with Crippen molar-refractivity contribution in [2.24, 2.45) is 0 Å². The molecule has 2 aromatic rings. The number of rotatable bonds is 8. The largest absolute Gasteiger partial charge is 0.462 e. The van der Waals surface area contributed by atoms with Crippen LogP contribution >= 0.6 is 22.6 Å². The highest BCUT2D eigenvalue weighted by Gasteiger charge is 2.51. The van der Waals surface area contributed by atoms with Gasteiger partial charge in [-0.3, -0.25) is 4.79 Å². The van der Waals surface area contributed by atoms with E-state index in [0.717, 1.165) is 11.1 Å². The van der Waals surface area contributed by atoms with Crippen LogP contribution in [0.15, 0.2) is 42.5 Å². The first-order chi connectivity index (χ1) is 16.0. The van der Waals surface area contributed by atoms with Gasteiger partial charge in [-0.1, -0.05) is 40.8 Å². The Balaban J connectivity index is 1.87. The third kappa shape index (κ3) is 6.66. The molecule has 9 heteroatoms. The molecule has 3 N–H and O–H groups in total. The average Bonchev–Trinajstić information content (AvgIpc) is 2.75. The van der Waals surface area contributed by atoms with Crippen molar-refractivity contribution < 1.29 is 33.6 Å². The summed E-state index contributed by atoms with van der Waals surface area (Å²) >= 11 is 2.08. The van der Waals surface area contributed by atoms with E-state index >= 15 is 0 Å². The molecule has 0 aliphatic carbocycles. The second-order valence-electron chi connectivity index (χ2n) is 8.85. The lowest BCUT2D eigenvalue weighted by molar-refractivity contribution is -0.310. The Labute approximate surface area is 212 Å². The number of alkyl halides is 1. The molecule has 5 atom stereocenters. The Hall–Kier alpha value is -1.79. The monoisotopic (exact) mass is 587 g/mol. The smallest absolute Gasteiger partial charge is 0.229 e. The first kappa shape index (κ1) is 26.8. The summed E-state index contributed by atoms with van der Waals surface area (Å²) in [6.45, 7) is 7.25. The maximum atomic E-state index is 13.9. The molecule has 0 spiro atoms. The number of hydrogen-bond acceptors (Lipinski definition) is 6. The zero-order chi connectivity index (χ0) is 25.0. The predicted octanol–water partition coefficient (Wildman–Crippen LogP) is 3.57. The van der Waals surface area contributed by atoms with E-state index in [0.29, 0.717) is 24.3 Å². The van der Waals surface area contributed by atoms with Crippen LogP contribution < -0.4 is 10.1 Å². The minimum atomic E-state index is -1.34. The normalized spacial score (nSPS) is 24.9. The van der Waals surface area contributed by atoms with E-state index < -0.39 is 30.2 Å². The fraction of sp³-hybridized carbons (Fsp3) is 0.480. The molecule has 0 bridgehead atoms. The second kappa shape index (κ2) is 11.3. The van der Waals surface area contributed by atoms with Crippen LogP contribution in [0, 0.1) is 5.82 Å². The number of ether oxygens (including phenoxy) is 3. The van der Waals surface area contributed by atoms with Gasteiger partial charge in [0.05, 0.1) is 5.60 Å². The molecule has 2 aromatic carbocycles. The highest BCUT2D eigenvalue weighted by Crippen LogP contribution is 2.35. The van der Waals surface area contributed by atoms with Gasteiger partial charge in [-0.2, -0.15) is 0 Å². The van der Waals surface area contributed by atoms with E-state index in [2.05, 4.69) is 27.9 Å². The molecular formula is C25H31FINO6. The standard InChI is InChI=1S/C25H31FINO6/c1-14(27)32-23-21(30)22(31)24(34-25(23,3)4)33-19-9-8-16(10-11-28-15(2)29)20(13-19)17-6-5-7-18(26)12-17/h5-9,12-14,21-24,30-31H,10-11H2,1-4H3,(H,28,29)/t14?,21-,22+,23+,24+/m0/s1. The zero-order valence-electron chi connectivity index (χ0n) is 19.6. The van der Waals surface area contributed by atoms with Crippen molar-refractivity contribution in [2.75, 3.05) is 6.54 Å². The zero-order valence-corrected chi connectivity index (χ0v) is 21.8. The van der Waals surface area contributed by atoms with Crippen molar-refractivity contribution in [1.29, 1.82) is 0 Å². The van der Waals surface area contributed by atoms with Crippen LogP contribution in [0.25, 0.3) is 11.1 Å². The summed E-state index contributed by atoms with van der Waals surface area (Å²) in [5.74, 6) is -0.115. The van der Waals surface area contributed by atoms with Crippen molar-refractivity contribution in [2.45, 2.75) is 68.4 Å². The van der Waals surface area contributed by atoms with Crippen LogP contribution in [0.3, 0.4) is 0 Å². The van der Waals surface area contributed by atoms with E-state index in [-0.39, 0.29) is 15.8 Å². The summed E-state index contributed by atoms with van der Waals surface area (Å²) in [6.07, 6.45) is -3.91. The van der Waals surface area contributed by atoms with Gasteiger partial charge in [-0.25, -0.2) is 4.39 Å². The fourth-order valence-electron chi connectivity index (χ4n) is 4.01. The third-order valence-corrected chi connectivity index (χ3v) is 5.91. The number of amides is 1. The lowest BCUT2D eigenvalue weighted by atomic mass is 9.89. The van der Waals surface area contributed by atoms with Gasteiger partial charge in [0.1, 0.15) is 34.0 Å². The molecule has 1 aliphatic rings. The number of benzene rings is 2. The number of carbonyl (C=O) groups excluding carboxylic acids is 1. The summed E-state index contributed by atoms with van der Waals surface area (Å²) in [4.78, 5) is 11.3. The molecule has 3 rings (SSSR count). The van der Waals surface area contributed by atoms with E-state index in [9.17, 15) is 19.4 Å². The van der Waals surface area contributed by atoms with Crippen molar-refractivity contribution >= 4 is 28.5 Å². The van der Waals surface area contributed by atoms with Crippen molar-refractivity contribution in [3.05, 3.63) is 53.8 Å².